The molecule has 0 radical (unpaired) electrons. The van der Waals surface area contributed by atoms with Gasteiger partial charge in [-0.3, -0.25) is 14.6 Å². The molecule has 11 heteroatoms. The number of hydrogen-bond acceptors (Lipinski definition) is 5. The van der Waals surface area contributed by atoms with Crippen molar-refractivity contribution >= 4 is 11.8 Å². The van der Waals surface area contributed by atoms with E-state index in [1.165, 1.54) is 22.1 Å². The van der Waals surface area contributed by atoms with Crippen molar-refractivity contribution < 1.29 is 27.3 Å². The quantitative estimate of drug-likeness (QED) is 0.623. The van der Waals surface area contributed by atoms with Crippen LogP contribution in [0.4, 0.5) is 13.2 Å². The van der Waals surface area contributed by atoms with Crippen LogP contribution in [0.2, 0.25) is 0 Å². The minimum atomic E-state index is -4.60. The number of nitrogens with zero attached hydrogens (tertiary/aromatic N) is 5. The second-order valence-corrected chi connectivity index (χ2v) is 7.50. The maximum atomic E-state index is 13.4. The van der Waals surface area contributed by atoms with Gasteiger partial charge in [-0.1, -0.05) is 11.2 Å². The first kappa shape index (κ1) is 19.3. The van der Waals surface area contributed by atoms with E-state index in [4.69, 9.17) is 4.52 Å². The second kappa shape index (κ2) is 6.43. The summed E-state index contributed by atoms with van der Waals surface area (Å²) in [5.41, 5.74) is -1.01. The first-order valence-corrected chi connectivity index (χ1v) is 9.47. The molecule has 31 heavy (non-hydrogen) atoms. The van der Waals surface area contributed by atoms with E-state index in [9.17, 15) is 22.8 Å². The van der Waals surface area contributed by atoms with E-state index in [1.54, 1.807) is 29.8 Å². The third-order valence-corrected chi connectivity index (χ3v) is 5.87. The zero-order chi connectivity index (χ0) is 22.0. The Balaban J connectivity index is 1.68. The average Bonchev–Trinajstić information content (AvgIpc) is 3.46. The Morgan fingerprint density at radius 2 is 2.03 bits per heavy atom. The molecule has 1 saturated heterocycles. The van der Waals surface area contributed by atoms with E-state index in [-0.39, 0.29) is 31.1 Å². The number of carbonyl (C=O) groups is 2. The van der Waals surface area contributed by atoms with Crippen LogP contribution in [0.1, 0.15) is 37.8 Å². The lowest BCUT2D eigenvalue weighted by molar-refractivity contribution is -0.141. The predicted molar refractivity (Wildman–Crippen MR) is 98.7 cm³/mol. The van der Waals surface area contributed by atoms with Gasteiger partial charge in [0.05, 0.1) is 12.2 Å². The van der Waals surface area contributed by atoms with Gasteiger partial charge < -0.3 is 18.9 Å². The van der Waals surface area contributed by atoms with Gasteiger partial charge in [0.25, 0.3) is 11.8 Å². The van der Waals surface area contributed by atoms with E-state index in [0.717, 1.165) is 12.3 Å². The molecule has 2 aliphatic heterocycles. The van der Waals surface area contributed by atoms with Gasteiger partial charge in [0.1, 0.15) is 23.2 Å². The van der Waals surface area contributed by atoms with Gasteiger partial charge in [0.15, 0.2) is 5.66 Å². The van der Waals surface area contributed by atoms with Crippen LogP contribution >= 0.6 is 0 Å². The van der Waals surface area contributed by atoms with Crippen molar-refractivity contribution in [1.82, 2.24) is 24.5 Å². The highest BCUT2D eigenvalue weighted by Gasteiger charge is 2.56. The Kier molecular flexibility index (Phi) is 4.01. The van der Waals surface area contributed by atoms with Crippen LogP contribution in [0.25, 0.3) is 0 Å². The lowest BCUT2D eigenvalue weighted by Gasteiger charge is -2.47. The van der Waals surface area contributed by atoms with Crippen molar-refractivity contribution in [2.45, 2.75) is 25.3 Å². The Hall–Kier alpha value is -3.63. The summed E-state index contributed by atoms with van der Waals surface area (Å²) in [5, 5.41) is 3.74. The standard InChI is InChI=1S/C20H16F3N5O3/c1-12-14(10-31-25-12)17(29)27-7-8-28-18(30)15-3-2-6-26(15)11-19(27,28)13-4-5-16(24-9-13)20(21,22)23/h2-6,9-10H,7-8,11H2,1H3. The van der Waals surface area contributed by atoms with Crippen molar-refractivity contribution in [2.24, 2.45) is 0 Å². The number of aromatic nitrogens is 3. The van der Waals surface area contributed by atoms with Gasteiger partial charge in [-0.05, 0) is 25.1 Å². The Bertz CT molecular complexity index is 1180. The summed E-state index contributed by atoms with van der Waals surface area (Å²) in [4.78, 5) is 33.2. The zero-order valence-electron chi connectivity index (χ0n) is 16.3. The fourth-order valence-electron chi connectivity index (χ4n) is 4.39. The van der Waals surface area contributed by atoms with E-state index in [2.05, 4.69) is 10.1 Å². The maximum Gasteiger partial charge on any atom is 0.433 e. The molecule has 0 N–H and O–H groups in total. The molecular weight excluding hydrogens is 415 g/mol. The smallest absolute Gasteiger partial charge is 0.364 e. The summed E-state index contributed by atoms with van der Waals surface area (Å²) >= 11 is 0. The molecule has 0 bridgehead atoms. The third kappa shape index (κ3) is 2.69. The second-order valence-electron chi connectivity index (χ2n) is 7.50. The van der Waals surface area contributed by atoms with Crippen LogP contribution in [-0.4, -0.2) is 49.4 Å². The average molecular weight is 431 g/mol. The predicted octanol–water partition coefficient (Wildman–Crippen LogP) is 2.66. The van der Waals surface area contributed by atoms with Crippen molar-refractivity contribution in [3.63, 3.8) is 0 Å². The number of hydrogen-bond donors (Lipinski definition) is 0. The number of halogens is 3. The Morgan fingerprint density at radius 1 is 1.23 bits per heavy atom. The van der Waals surface area contributed by atoms with Gasteiger partial charge in [-0.25, -0.2) is 0 Å². The normalized spacial score (nSPS) is 20.7. The Labute approximate surface area is 173 Å². The maximum absolute atomic E-state index is 13.4. The van der Waals surface area contributed by atoms with Crippen molar-refractivity contribution in [1.29, 1.82) is 0 Å². The van der Waals surface area contributed by atoms with E-state index in [1.807, 2.05) is 0 Å². The van der Waals surface area contributed by atoms with Crippen LogP contribution in [0.3, 0.4) is 0 Å². The third-order valence-electron chi connectivity index (χ3n) is 5.87. The summed E-state index contributed by atoms with van der Waals surface area (Å²) in [5.74, 6) is -0.738. The molecule has 2 amide bonds. The lowest BCUT2D eigenvalue weighted by Crippen LogP contribution is -2.60. The molecule has 1 fully saturated rings. The number of carbonyl (C=O) groups excluding carboxylic acids is 2. The van der Waals surface area contributed by atoms with E-state index < -0.39 is 23.4 Å². The lowest BCUT2D eigenvalue weighted by atomic mass is 9.94. The number of pyridine rings is 1. The molecule has 2 aliphatic rings. The largest absolute Gasteiger partial charge is 0.433 e. The minimum absolute atomic E-state index is 0.157. The summed E-state index contributed by atoms with van der Waals surface area (Å²) in [6.45, 7) is 2.19. The van der Waals surface area contributed by atoms with Crippen LogP contribution in [0.5, 0.6) is 0 Å². The van der Waals surface area contributed by atoms with Crippen molar-refractivity contribution in [3.8, 4) is 0 Å². The van der Waals surface area contributed by atoms with Gasteiger partial charge in [-0.15, -0.1) is 0 Å². The highest BCUT2D eigenvalue weighted by Crippen LogP contribution is 2.44. The number of aryl methyl sites for hydroxylation is 1. The van der Waals surface area contributed by atoms with Gasteiger partial charge in [-0.2, -0.15) is 13.2 Å². The molecule has 0 aliphatic carbocycles. The van der Waals surface area contributed by atoms with E-state index >= 15 is 0 Å². The number of amides is 2. The molecule has 0 spiro atoms. The molecule has 3 aromatic heterocycles. The first-order chi connectivity index (χ1) is 14.7. The van der Waals surface area contributed by atoms with Crippen LogP contribution in [0.15, 0.2) is 47.4 Å². The molecular formula is C20H16F3N5O3. The topological polar surface area (TPSA) is 84.5 Å². The molecule has 5 rings (SSSR count). The number of rotatable bonds is 2. The van der Waals surface area contributed by atoms with Crippen molar-refractivity contribution in [2.75, 3.05) is 13.1 Å². The minimum Gasteiger partial charge on any atom is -0.364 e. The molecule has 0 saturated carbocycles. The van der Waals surface area contributed by atoms with E-state index in [0.29, 0.717) is 17.0 Å². The van der Waals surface area contributed by atoms with Gasteiger partial charge >= 0.3 is 6.18 Å². The molecule has 1 unspecified atom stereocenters. The molecule has 160 valence electrons. The highest BCUT2D eigenvalue weighted by atomic mass is 19.4. The SMILES string of the molecule is Cc1nocc1C(=O)N1CCN2C(=O)c3cccn3CC12c1ccc(C(F)(F)F)nc1. The Morgan fingerprint density at radius 3 is 2.68 bits per heavy atom. The molecule has 8 nitrogen and oxygen atoms in total. The number of fused-ring (bicyclic) bond motifs is 2. The summed E-state index contributed by atoms with van der Waals surface area (Å²) < 4.78 is 45.8. The summed E-state index contributed by atoms with van der Waals surface area (Å²) in [7, 11) is 0. The first-order valence-electron chi connectivity index (χ1n) is 9.47. The van der Waals surface area contributed by atoms with Crippen LogP contribution < -0.4 is 0 Å². The monoisotopic (exact) mass is 431 g/mol. The fourth-order valence-corrected chi connectivity index (χ4v) is 4.39. The molecule has 1 atom stereocenters. The van der Waals surface area contributed by atoms with Gasteiger partial charge in [0, 0.05) is 31.0 Å². The summed E-state index contributed by atoms with van der Waals surface area (Å²) in [6, 6.07) is 5.52. The van der Waals surface area contributed by atoms with Gasteiger partial charge in [0.2, 0.25) is 0 Å². The van der Waals surface area contributed by atoms with Crippen LogP contribution in [0, 0.1) is 6.92 Å². The zero-order valence-corrected chi connectivity index (χ0v) is 16.3. The fraction of sp³-hybridized carbons (Fsp3) is 0.300. The van der Waals surface area contributed by atoms with Crippen molar-refractivity contribution in [3.05, 3.63) is 71.1 Å². The molecule has 5 heterocycles. The number of alkyl halides is 3. The van der Waals surface area contributed by atoms with Crippen LogP contribution in [-0.2, 0) is 18.4 Å². The molecule has 3 aromatic rings. The highest BCUT2D eigenvalue weighted by molar-refractivity contribution is 5.98. The summed E-state index contributed by atoms with van der Waals surface area (Å²) in [6.07, 6.45) is -0.583. The molecule has 0 aromatic carbocycles.